The topological polar surface area (TPSA) is 43.6 Å². The average molecular weight is 250 g/mol. The molecule has 6 heteroatoms. The lowest BCUT2D eigenvalue weighted by molar-refractivity contribution is 0.608. The molecule has 0 aliphatic rings. The molecule has 2 heterocycles. The van der Waals surface area contributed by atoms with Crippen molar-refractivity contribution in [1.82, 2.24) is 20.2 Å². The van der Waals surface area contributed by atoms with E-state index in [1.807, 2.05) is 11.4 Å². The Morgan fingerprint density at radius 2 is 2.50 bits per heavy atom. The summed E-state index contributed by atoms with van der Waals surface area (Å²) in [6.45, 7) is 0.725. The Hall–Kier alpha value is -1.32. The number of hydrogen-bond acceptors (Lipinski definition) is 5. The van der Waals surface area contributed by atoms with Gasteiger partial charge in [-0.3, -0.25) is 0 Å². The molecule has 2 aromatic heterocycles. The van der Waals surface area contributed by atoms with Crippen LogP contribution in [0.25, 0.3) is 0 Å². The molecule has 0 aliphatic heterocycles. The van der Waals surface area contributed by atoms with E-state index in [0.717, 1.165) is 23.9 Å². The molecule has 0 saturated heterocycles. The second-order valence-corrected chi connectivity index (χ2v) is 5.10. The third-order valence-electron chi connectivity index (χ3n) is 1.86. The minimum Gasteiger partial charge on any atom is -0.215 e. The molecule has 0 saturated carbocycles. The quantitative estimate of drug-likeness (QED) is 0.462. The summed E-state index contributed by atoms with van der Waals surface area (Å²) in [6, 6.07) is 4.09. The van der Waals surface area contributed by atoms with E-state index in [0.29, 0.717) is 0 Å². The summed E-state index contributed by atoms with van der Waals surface area (Å²) in [4.78, 5) is 1.24. The third-order valence-corrected chi connectivity index (χ3v) is 3.68. The van der Waals surface area contributed by atoms with Crippen LogP contribution in [0.2, 0.25) is 0 Å². The zero-order valence-corrected chi connectivity index (χ0v) is 10.2. The van der Waals surface area contributed by atoms with Crippen molar-refractivity contribution in [2.45, 2.75) is 18.1 Å². The smallest absolute Gasteiger partial charge is 0.209 e. The monoisotopic (exact) mass is 250 g/mol. The Kier molecular flexibility index (Phi) is 3.97. The third kappa shape index (κ3) is 2.84. The standard InChI is InChI=1S/C10H10N4S2/c1-2-3-6-16-10-11-12-13-14(10)8-9-5-4-7-15-9/h1,4-5,7H,3,6,8H2. The summed E-state index contributed by atoms with van der Waals surface area (Å²) in [5.41, 5.74) is 0. The highest BCUT2D eigenvalue weighted by Gasteiger charge is 2.07. The number of terminal acetylenes is 1. The van der Waals surface area contributed by atoms with E-state index < -0.39 is 0 Å². The second kappa shape index (κ2) is 5.68. The van der Waals surface area contributed by atoms with Crippen molar-refractivity contribution in [2.75, 3.05) is 5.75 Å². The second-order valence-electron chi connectivity index (χ2n) is 3.00. The predicted molar refractivity (Wildman–Crippen MR) is 65.4 cm³/mol. The van der Waals surface area contributed by atoms with E-state index in [1.54, 1.807) is 27.8 Å². The van der Waals surface area contributed by atoms with Crippen LogP contribution >= 0.6 is 23.1 Å². The number of thiophene rings is 1. The molecular weight excluding hydrogens is 240 g/mol. The van der Waals surface area contributed by atoms with Crippen LogP contribution in [-0.2, 0) is 6.54 Å². The molecule has 0 aromatic carbocycles. The molecule has 0 unspecified atom stereocenters. The van der Waals surface area contributed by atoms with Gasteiger partial charge in [0.25, 0.3) is 0 Å². The maximum absolute atomic E-state index is 5.20. The van der Waals surface area contributed by atoms with Gasteiger partial charge in [-0.2, -0.15) is 0 Å². The van der Waals surface area contributed by atoms with Gasteiger partial charge in [-0.25, -0.2) is 4.68 Å². The highest BCUT2D eigenvalue weighted by atomic mass is 32.2. The number of thioether (sulfide) groups is 1. The Morgan fingerprint density at radius 3 is 3.25 bits per heavy atom. The zero-order chi connectivity index (χ0) is 11.2. The summed E-state index contributed by atoms with van der Waals surface area (Å²) in [6.07, 6.45) is 5.93. The van der Waals surface area contributed by atoms with Crippen molar-refractivity contribution in [2.24, 2.45) is 0 Å². The van der Waals surface area contributed by atoms with Crippen LogP contribution in [0.3, 0.4) is 0 Å². The molecular formula is C10H10N4S2. The van der Waals surface area contributed by atoms with Gasteiger partial charge >= 0.3 is 0 Å². The lowest BCUT2D eigenvalue weighted by Crippen LogP contribution is -2.02. The average Bonchev–Trinajstić information content (AvgIpc) is 2.92. The zero-order valence-electron chi connectivity index (χ0n) is 8.54. The summed E-state index contributed by atoms with van der Waals surface area (Å²) in [7, 11) is 0. The lowest BCUT2D eigenvalue weighted by Gasteiger charge is -2.00. The van der Waals surface area contributed by atoms with Crippen LogP contribution in [0, 0.1) is 12.3 Å². The fourth-order valence-electron chi connectivity index (χ4n) is 1.15. The first-order valence-corrected chi connectivity index (χ1v) is 6.61. The van der Waals surface area contributed by atoms with Crippen LogP contribution < -0.4 is 0 Å². The Bertz CT molecular complexity index is 469. The molecule has 0 amide bonds. The van der Waals surface area contributed by atoms with Gasteiger partial charge in [-0.1, -0.05) is 17.8 Å². The molecule has 2 aromatic rings. The van der Waals surface area contributed by atoms with E-state index in [4.69, 9.17) is 6.42 Å². The molecule has 0 N–H and O–H groups in total. The molecule has 0 aliphatic carbocycles. The number of aromatic nitrogens is 4. The van der Waals surface area contributed by atoms with Gasteiger partial charge in [-0.15, -0.1) is 28.8 Å². The number of tetrazole rings is 1. The lowest BCUT2D eigenvalue weighted by atomic mass is 10.5. The van der Waals surface area contributed by atoms with E-state index in [2.05, 4.69) is 27.5 Å². The van der Waals surface area contributed by atoms with Crippen molar-refractivity contribution in [3.63, 3.8) is 0 Å². The van der Waals surface area contributed by atoms with Gasteiger partial charge < -0.3 is 0 Å². The van der Waals surface area contributed by atoms with E-state index in [-0.39, 0.29) is 0 Å². The fourth-order valence-corrected chi connectivity index (χ4v) is 2.58. The number of hydrogen-bond donors (Lipinski definition) is 0. The molecule has 0 radical (unpaired) electrons. The van der Waals surface area contributed by atoms with Crippen molar-refractivity contribution in [3.8, 4) is 12.3 Å². The van der Waals surface area contributed by atoms with Gasteiger partial charge in [0.15, 0.2) is 0 Å². The first-order chi connectivity index (χ1) is 7.90. The Balaban J connectivity index is 1.99. The van der Waals surface area contributed by atoms with Crippen LogP contribution in [0.5, 0.6) is 0 Å². The highest BCUT2D eigenvalue weighted by molar-refractivity contribution is 7.99. The van der Waals surface area contributed by atoms with Gasteiger partial charge in [-0.05, 0) is 21.9 Å². The van der Waals surface area contributed by atoms with Gasteiger partial charge in [0, 0.05) is 17.1 Å². The molecule has 2 rings (SSSR count). The fraction of sp³-hybridized carbons (Fsp3) is 0.300. The minimum absolute atomic E-state index is 0.725. The molecule has 0 bridgehead atoms. The maximum atomic E-state index is 5.20. The molecule has 0 spiro atoms. The maximum Gasteiger partial charge on any atom is 0.209 e. The first kappa shape index (κ1) is 11.2. The minimum atomic E-state index is 0.725. The van der Waals surface area contributed by atoms with Crippen molar-refractivity contribution < 1.29 is 0 Å². The highest BCUT2D eigenvalue weighted by Crippen LogP contribution is 2.17. The van der Waals surface area contributed by atoms with Gasteiger partial charge in [0.1, 0.15) is 0 Å². The SMILES string of the molecule is C#CCCSc1nnnn1Cc1cccs1. The molecule has 82 valence electrons. The Labute approximate surface area is 102 Å². The molecule has 0 atom stereocenters. The van der Waals surface area contributed by atoms with E-state index >= 15 is 0 Å². The predicted octanol–water partition coefficient (Wildman–Crippen LogP) is 1.90. The van der Waals surface area contributed by atoms with Crippen LogP contribution in [0.15, 0.2) is 22.7 Å². The first-order valence-electron chi connectivity index (χ1n) is 4.75. The largest absolute Gasteiger partial charge is 0.215 e. The van der Waals surface area contributed by atoms with Crippen LogP contribution in [0.4, 0.5) is 0 Å². The van der Waals surface area contributed by atoms with Crippen LogP contribution in [-0.4, -0.2) is 26.0 Å². The van der Waals surface area contributed by atoms with Crippen molar-refractivity contribution in [1.29, 1.82) is 0 Å². The summed E-state index contributed by atoms with van der Waals surface area (Å²) >= 11 is 3.29. The number of rotatable bonds is 5. The van der Waals surface area contributed by atoms with Crippen LogP contribution in [0.1, 0.15) is 11.3 Å². The molecule has 0 fully saturated rings. The van der Waals surface area contributed by atoms with Crippen molar-refractivity contribution >= 4 is 23.1 Å². The van der Waals surface area contributed by atoms with Gasteiger partial charge in [0.05, 0.1) is 6.54 Å². The number of nitrogens with zero attached hydrogens (tertiary/aromatic N) is 4. The normalized spacial score (nSPS) is 10.2. The van der Waals surface area contributed by atoms with E-state index in [1.165, 1.54) is 4.88 Å². The molecule has 16 heavy (non-hydrogen) atoms. The van der Waals surface area contributed by atoms with Crippen molar-refractivity contribution in [3.05, 3.63) is 22.4 Å². The van der Waals surface area contributed by atoms with E-state index in [9.17, 15) is 0 Å². The van der Waals surface area contributed by atoms with Gasteiger partial charge in [0.2, 0.25) is 5.16 Å². The summed E-state index contributed by atoms with van der Waals surface area (Å²) in [5.74, 6) is 3.45. The summed E-state index contributed by atoms with van der Waals surface area (Å²) in [5, 5.41) is 14.5. The Morgan fingerprint density at radius 1 is 1.56 bits per heavy atom. The summed E-state index contributed by atoms with van der Waals surface area (Å²) < 4.78 is 1.80. The molecule has 4 nitrogen and oxygen atoms in total.